The number of aliphatic hydroxyl groups is 1. The molecule has 0 aromatic heterocycles. The highest BCUT2D eigenvalue weighted by Gasteiger charge is 2.20. The van der Waals surface area contributed by atoms with E-state index < -0.39 is 6.10 Å². The molecule has 1 aliphatic heterocycles. The van der Waals surface area contributed by atoms with Gasteiger partial charge in [0.1, 0.15) is 14.5 Å². The van der Waals surface area contributed by atoms with E-state index in [2.05, 4.69) is 0 Å². The van der Waals surface area contributed by atoms with Crippen molar-refractivity contribution in [3.63, 3.8) is 0 Å². The average Bonchev–Trinajstić information content (AvgIpc) is 2.47. The van der Waals surface area contributed by atoms with Crippen LogP contribution >= 0.6 is 0 Å². The molecule has 0 radical (unpaired) electrons. The van der Waals surface area contributed by atoms with Crippen molar-refractivity contribution in [3.8, 4) is 0 Å². The van der Waals surface area contributed by atoms with E-state index in [1.54, 1.807) is 29.2 Å². The van der Waals surface area contributed by atoms with Crippen LogP contribution in [0.1, 0.15) is 0 Å². The Morgan fingerprint density at radius 2 is 2.10 bits per heavy atom. The van der Waals surface area contributed by atoms with Gasteiger partial charge in [0.15, 0.2) is 0 Å². The van der Waals surface area contributed by atoms with E-state index in [4.69, 9.17) is 4.74 Å². The summed E-state index contributed by atoms with van der Waals surface area (Å²) in [6, 6.07) is 7.00. The Labute approximate surface area is 118 Å². The lowest BCUT2D eigenvalue weighted by Crippen LogP contribution is -2.41. The van der Waals surface area contributed by atoms with Crippen molar-refractivity contribution >= 4 is 25.1 Å². The molecule has 2 N–H and O–H groups in total. The molecule has 1 atom stereocenters. The topological polar surface area (TPSA) is 73.2 Å². The van der Waals surface area contributed by atoms with Crippen LogP contribution in [0.4, 0.5) is 11.4 Å². The second-order valence-electron chi connectivity index (χ2n) is 4.76. The van der Waals surface area contributed by atoms with Crippen LogP contribution in [0.2, 0.25) is 6.32 Å². The molecule has 1 aliphatic rings. The first-order valence-electron chi connectivity index (χ1n) is 6.74. The molecule has 0 saturated carbocycles. The maximum absolute atomic E-state index is 11.7. The summed E-state index contributed by atoms with van der Waals surface area (Å²) in [5, 5.41) is 20.4. The van der Waals surface area contributed by atoms with Crippen LogP contribution in [0.25, 0.3) is 0 Å². The average molecular weight is 278 g/mol. The summed E-state index contributed by atoms with van der Waals surface area (Å²) in [5.74, 6) is -0.0636. The number of amides is 1. The van der Waals surface area contributed by atoms with Gasteiger partial charge >= 0.3 is 0 Å². The van der Waals surface area contributed by atoms with Crippen molar-refractivity contribution in [1.82, 2.24) is 0 Å². The molecule has 20 heavy (non-hydrogen) atoms. The number of morpholine rings is 1. The Kier molecular flexibility index (Phi) is 5.00. The summed E-state index contributed by atoms with van der Waals surface area (Å²) in [5.41, 5.74) is 1.37. The zero-order valence-corrected chi connectivity index (χ0v) is 11.5. The van der Waals surface area contributed by atoms with Crippen LogP contribution in [0, 0.1) is 0 Å². The SMILES string of the molecule is BC[C@H](O)CN(O)c1ccc(N2CCOCC2=O)cc1. The van der Waals surface area contributed by atoms with Crippen LogP contribution in [0.3, 0.4) is 0 Å². The second kappa shape index (κ2) is 6.74. The largest absolute Gasteiger partial charge is 0.392 e. The van der Waals surface area contributed by atoms with E-state index >= 15 is 0 Å². The summed E-state index contributed by atoms with van der Waals surface area (Å²) in [4.78, 5) is 13.4. The van der Waals surface area contributed by atoms with Gasteiger partial charge in [-0.1, -0.05) is 6.32 Å². The Balaban J connectivity index is 2.03. The van der Waals surface area contributed by atoms with Gasteiger partial charge in [-0.25, -0.2) is 0 Å². The third kappa shape index (κ3) is 3.50. The summed E-state index contributed by atoms with van der Waals surface area (Å²) >= 11 is 0. The highest BCUT2D eigenvalue weighted by molar-refractivity contribution is 6.08. The standard InChI is InChI=1S/C13H19BN2O4/c14-7-12(17)8-16(19)11-3-1-10(2-4-11)15-5-6-20-9-13(15)18/h1-4,12,17,19H,5-9,14H2/t12-/m0/s1. The van der Waals surface area contributed by atoms with Gasteiger partial charge in [-0.05, 0) is 24.3 Å². The van der Waals surface area contributed by atoms with Gasteiger partial charge in [-0.2, -0.15) is 0 Å². The van der Waals surface area contributed by atoms with Crippen molar-refractivity contribution < 1.29 is 19.8 Å². The van der Waals surface area contributed by atoms with Crippen molar-refractivity contribution in [1.29, 1.82) is 0 Å². The molecule has 0 spiro atoms. The van der Waals surface area contributed by atoms with Crippen LogP contribution in [-0.4, -0.2) is 56.5 Å². The first-order valence-corrected chi connectivity index (χ1v) is 6.74. The number of aliphatic hydroxyl groups excluding tert-OH is 1. The quantitative estimate of drug-likeness (QED) is 0.569. The van der Waals surface area contributed by atoms with E-state index in [0.29, 0.717) is 25.2 Å². The molecule has 1 fully saturated rings. The van der Waals surface area contributed by atoms with Crippen molar-refractivity contribution in [2.24, 2.45) is 0 Å². The first kappa shape index (κ1) is 14.8. The van der Waals surface area contributed by atoms with Gasteiger partial charge in [-0.15, -0.1) is 0 Å². The minimum absolute atomic E-state index is 0.0636. The number of hydroxylamine groups is 1. The van der Waals surface area contributed by atoms with E-state index in [0.717, 1.165) is 10.8 Å². The van der Waals surface area contributed by atoms with Crippen LogP contribution in [0.15, 0.2) is 24.3 Å². The van der Waals surface area contributed by atoms with Gasteiger partial charge in [-0.3, -0.25) is 15.1 Å². The zero-order valence-electron chi connectivity index (χ0n) is 11.5. The molecule has 0 aliphatic carbocycles. The number of nitrogens with zero attached hydrogens (tertiary/aromatic N) is 2. The molecule has 1 aromatic rings. The zero-order chi connectivity index (χ0) is 14.5. The summed E-state index contributed by atoms with van der Waals surface area (Å²) in [6.45, 7) is 1.33. The number of carbonyl (C=O) groups excluding carboxylic acids is 1. The molecule has 108 valence electrons. The lowest BCUT2D eigenvalue weighted by molar-refractivity contribution is -0.125. The molecule has 6 nitrogen and oxygen atoms in total. The number of carbonyl (C=O) groups is 1. The van der Waals surface area contributed by atoms with Crippen LogP contribution < -0.4 is 9.96 Å². The molecular weight excluding hydrogens is 259 g/mol. The third-order valence-corrected chi connectivity index (χ3v) is 3.30. The maximum atomic E-state index is 11.7. The Morgan fingerprint density at radius 1 is 1.40 bits per heavy atom. The summed E-state index contributed by atoms with van der Waals surface area (Å²) in [7, 11) is 1.85. The van der Waals surface area contributed by atoms with Gasteiger partial charge in [0.25, 0.3) is 5.91 Å². The predicted molar refractivity (Wildman–Crippen MR) is 78.1 cm³/mol. The highest BCUT2D eigenvalue weighted by atomic mass is 16.5. The molecule has 0 unspecified atom stereocenters. The van der Waals surface area contributed by atoms with Gasteiger partial charge < -0.3 is 14.7 Å². The van der Waals surface area contributed by atoms with Crippen molar-refractivity contribution in [3.05, 3.63) is 24.3 Å². The van der Waals surface area contributed by atoms with Crippen LogP contribution in [0.5, 0.6) is 0 Å². The number of rotatable bonds is 5. The van der Waals surface area contributed by atoms with E-state index in [1.807, 2.05) is 7.85 Å². The predicted octanol–water partition coefficient (Wildman–Crippen LogP) is -0.342. The van der Waals surface area contributed by atoms with Gasteiger partial charge in [0, 0.05) is 12.2 Å². The lowest BCUT2D eigenvalue weighted by Gasteiger charge is -2.27. The molecule has 0 bridgehead atoms. The molecule has 2 rings (SSSR count). The monoisotopic (exact) mass is 278 g/mol. The number of hydrogen-bond donors (Lipinski definition) is 2. The van der Waals surface area contributed by atoms with Gasteiger partial charge in [0.2, 0.25) is 0 Å². The van der Waals surface area contributed by atoms with E-state index in [-0.39, 0.29) is 19.1 Å². The van der Waals surface area contributed by atoms with E-state index in [1.165, 1.54) is 0 Å². The minimum Gasteiger partial charge on any atom is -0.392 e. The Hall–Kier alpha value is -1.57. The van der Waals surface area contributed by atoms with Gasteiger partial charge in [0.05, 0.1) is 24.9 Å². The molecular formula is C13H19BN2O4. The number of ether oxygens (including phenoxy) is 1. The van der Waals surface area contributed by atoms with E-state index in [9.17, 15) is 15.1 Å². The molecule has 1 saturated heterocycles. The molecule has 1 amide bonds. The maximum Gasteiger partial charge on any atom is 0.253 e. The highest BCUT2D eigenvalue weighted by Crippen LogP contribution is 2.21. The molecule has 1 heterocycles. The second-order valence-corrected chi connectivity index (χ2v) is 4.76. The number of anilines is 2. The molecule has 7 heteroatoms. The normalized spacial score (nSPS) is 17.1. The minimum atomic E-state index is -0.569. The number of benzene rings is 1. The fourth-order valence-electron chi connectivity index (χ4n) is 2.03. The van der Waals surface area contributed by atoms with Crippen molar-refractivity contribution in [2.75, 3.05) is 36.3 Å². The smallest absolute Gasteiger partial charge is 0.253 e. The first-order chi connectivity index (χ1) is 9.61. The summed E-state index contributed by atoms with van der Waals surface area (Å²) < 4.78 is 5.08. The lowest BCUT2D eigenvalue weighted by atomic mass is 9.99. The Bertz CT molecular complexity index is 454. The fourth-order valence-corrected chi connectivity index (χ4v) is 2.03. The fraction of sp³-hybridized carbons (Fsp3) is 0.462. The Morgan fingerprint density at radius 3 is 2.70 bits per heavy atom. The number of hydrogen-bond acceptors (Lipinski definition) is 5. The third-order valence-electron chi connectivity index (χ3n) is 3.30. The summed E-state index contributed by atoms with van der Waals surface area (Å²) in [6.07, 6.45) is 0.0118. The van der Waals surface area contributed by atoms with Crippen LogP contribution in [-0.2, 0) is 9.53 Å². The molecule has 1 aromatic carbocycles. The van der Waals surface area contributed by atoms with Crippen molar-refractivity contribution in [2.45, 2.75) is 12.4 Å².